The molecule has 3 nitrogen and oxygen atoms in total. The maximum absolute atomic E-state index is 11.1. The molecule has 4 unspecified atom stereocenters. The Morgan fingerprint density at radius 3 is 2.93 bits per heavy atom. The van der Waals surface area contributed by atoms with Crippen molar-refractivity contribution in [2.45, 2.75) is 18.4 Å². The van der Waals surface area contributed by atoms with E-state index in [1.807, 2.05) is 0 Å². The monoisotopic (exact) mass is 194 g/mol. The third kappa shape index (κ3) is 0.782. The molecule has 3 heteroatoms. The smallest absolute Gasteiger partial charge is 0.152 e. The molecule has 0 radical (unpaired) electrons. The number of ether oxygens (including phenoxy) is 1. The molecule has 0 aliphatic heterocycles. The zero-order valence-electron chi connectivity index (χ0n) is 7.98. The van der Waals surface area contributed by atoms with E-state index in [0.717, 1.165) is 12.7 Å². The minimum absolute atomic E-state index is 0.0102. The number of aliphatic hydroxyl groups excluding tert-OH is 1. The summed E-state index contributed by atoms with van der Waals surface area (Å²) in [5.41, 5.74) is -0.295. The van der Waals surface area contributed by atoms with Crippen LogP contribution in [0.25, 0.3) is 0 Å². The minimum Gasteiger partial charge on any atom is -0.394 e. The van der Waals surface area contributed by atoms with Gasteiger partial charge in [0.15, 0.2) is 6.29 Å². The number of rotatable bonds is 4. The minimum atomic E-state index is -0.611. The van der Waals surface area contributed by atoms with Gasteiger partial charge in [0.2, 0.25) is 0 Å². The second kappa shape index (κ2) is 2.47. The molecule has 0 aromatic carbocycles. The van der Waals surface area contributed by atoms with Gasteiger partial charge in [0.05, 0.1) is 13.2 Å². The topological polar surface area (TPSA) is 46.5 Å². The highest BCUT2D eigenvalue weighted by molar-refractivity contribution is 5.68. The Kier molecular flexibility index (Phi) is 1.52. The molecule has 0 saturated heterocycles. The number of allylic oxidation sites excluding steroid dienone is 1. The van der Waals surface area contributed by atoms with Gasteiger partial charge >= 0.3 is 0 Å². The van der Waals surface area contributed by atoms with Gasteiger partial charge in [-0.1, -0.05) is 12.2 Å². The molecule has 0 heterocycles. The summed E-state index contributed by atoms with van der Waals surface area (Å²) in [5.74, 6) is 0.936. The standard InChI is InChI=1S/C11H14O3/c12-3-4-14-11(7-13)6-8-5-10(8)2-1-9(10)11/h1-2,7-9,12H,3-6H2. The molecule has 1 N–H and O–H groups in total. The van der Waals surface area contributed by atoms with Gasteiger partial charge in [-0.05, 0) is 18.8 Å². The van der Waals surface area contributed by atoms with E-state index in [9.17, 15) is 4.79 Å². The number of hydrogen-bond donors (Lipinski definition) is 1. The Labute approximate surface area is 82.8 Å². The lowest BCUT2D eigenvalue weighted by atomic mass is 9.73. The maximum Gasteiger partial charge on any atom is 0.152 e. The molecule has 4 atom stereocenters. The number of carbonyl (C=O) groups excluding carboxylic acids is 1. The van der Waals surface area contributed by atoms with Crippen LogP contribution in [0.1, 0.15) is 12.8 Å². The van der Waals surface area contributed by atoms with E-state index in [4.69, 9.17) is 9.84 Å². The van der Waals surface area contributed by atoms with E-state index in [1.165, 1.54) is 6.42 Å². The number of carbonyl (C=O) groups is 1. The normalized spacial score (nSPS) is 52.1. The Morgan fingerprint density at radius 2 is 2.43 bits per heavy atom. The summed E-state index contributed by atoms with van der Waals surface area (Å²) in [4.78, 5) is 11.1. The van der Waals surface area contributed by atoms with Crippen LogP contribution in [0.4, 0.5) is 0 Å². The van der Waals surface area contributed by atoms with Crippen LogP contribution in [-0.2, 0) is 9.53 Å². The van der Waals surface area contributed by atoms with Gasteiger partial charge in [0, 0.05) is 11.3 Å². The summed E-state index contributed by atoms with van der Waals surface area (Å²) in [7, 11) is 0. The van der Waals surface area contributed by atoms with Crippen molar-refractivity contribution in [2.75, 3.05) is 13.2 Å². The fourth-order valence-electron chi connectivity index (χ4n) is 3.32. The molecule has 2 fully saturated rings. The zero-order chi connectivity index (χ0) is 9.81. The van der Waals surface area contributed by atoms with E-state index < -0.39 is 5.60 Å². The van der Waals surface area contributed by atoms with Crippen molar-refractivity contribution in [3.63, 3.8) is 0 Å². The van der Waals surface area contributed by atoms with Crippen molar-refractivity contribution in [3.8, 4) is 0 Å². The highest BCUT2D eigenvalue weighted by atomic mass is 16.5. The first kappa shape index (κ1) is 8.62. The maximum atomic E-state index is 11.1. The number of aldehydes is 1. The SMILES string of the molecule is O=CC1(OCCO)CC2CC23C=CC13. The molecular formula is C11H14O3. The molecule has 76 valence electrons. The number of hydrogen-bond acceptors (Lipinski definition) is 3. The lowest BCUT2D eigenvalue weighted by Crippen LogP contribution is -2.45. The molecule has 2 saturated carbocycles. The molecule has 3 aliphatic carbocycles. The molecule has 0 aromatic heterocycles. The Hall–Kier alpha value is -0.670. The van der Waals surface area contributed by atoms with Crippen molar-refractivity contribution in [2.24, 2.45) is 17.3 Å². The van der Waals surface area contributed by atoms with Gasteiger partial charge < -0.3 is 14.6 Å². The highest BCUT2D eigenvalue weighted by Crippen LogP contribution is 2.75. The van der Waals surface area contributed by atoms with Crippen LogP contribution in [-0.4, -0.2) is 30.2 Å². The first-order chi connectivity index (χ1) is 6.77. The van der Waals surface area contributed by atoms with Crippen molar-refractivity contribution in [3.05, 3.63) is 12.2 Å². The molecule has 0 bridgehead atoms. The molecule has 3 rings (SSSR count). The van der Waals surface area contributed by atoms with Crippen molar-refractivity contribution >= 4 is 6.29 Å². The van der Waals surface area contributed by atoms with Crippen LogP contribution in [0, 0.1) is 17.3 Å². The van der Waals surface area contributed by atoms with E-state index in [2.05, 4.69) is 12.2 Å². The van der Waals surface area contributed by atoms with Gasteiger partial charge in [-0.25, -0.2) is 0 Å². The van der Waals surface area contributed by atoms with Gasteiger partial charge in [-0.3, -0.25) is 0 Å². The zero-order valence-corrected chi connectivity index (χ0v) is 7.98. The summed E-state index contributed by atoms with van der Waals surface area (Å²) in [6, 6.07) is 0. The molecule has 14 heavy (non-hydrogen) atoms. The average Bonchev–Trinajstić information content (AvgIpc) is 2.85. The fraction of sp³-hybridized carbons (Fsp3) is 0.727. The molecular weight excluding hydrogens is 180 g/mol. The summed E-state index contributed by atoms with van der Waals surface area (Å²) < 4.78 is 5.55. The first-order valence-electron chi connectivity index (χ1n) is 5.18. The van der Waals surface area contributed by atoms with Crippen molar-refractivity contribution in [1.29, 1.82) is 0 Å². The van der Waals surface area contributed by atoms with Gasteiger partial charge in [-0.2, -0.15) is 0 Å². The third-order valence-electron chi connectivity index (χ3n) is 4.13. The van der Waals surface area contributed by atoms with Gasteiger partial charge in [0.1, 0.15) is 5.60 Å². The molecule has 1 spiro atoms. The van der Waals surface area contributed by atoms with Crippen LogP contribution < -0.4 is 0 Å². The summed E-state index contributed by atoms with van der Waals surface area (Å²) in [5, 5.41) is 8.72. The van der Waals surface area contributed by atoms with Gasteiger partial charge in [-0.15, -0.1) is 0 Å². The van der Waals surface area contributed by atoms with E-state index in [-0.39, 0.29) is 19.1 Å². The second-order valence-electron chi connectivity index (χ2n) is 4.70. The van der Waals surface area contributed by atoms with Crippen LogP contribution in [0.5, 0.6) is 0 Å². The Balaban J connectivity index is 1.82. The molecule has 3 aliphatic rings. The van der Waals surface area contributed by atoms with Crippen LogP contribution in [0.2, 0.25) is 0 Å². The van der Waals surface area contributed by atoms with E-state index in [0.29, 0.717) is 11.3 Å². The fourth-order valence-corrected chi connectivity index (χ4v) is 3.32. The second-order valence-corrected chi connectivity index (χ2v) is 4.70. The van der Waals surface area contributed by atoms with E-state index in [1.54, 1.807) is 0 Å². The quantitative estimate of drug-likeness (QED) is 0.524. The first-order valence-corrected chi connectivity index (χ1v) is 5.18. The molecule has 0 aromatic rings. The Bertz CT molecular complexity index is 312. The van der Waals surface area contributed by atoms with Crippen molar-refractivity contribution in [1.82, 2.24) is 0 Å². The third-order valence-corrected chi connectivity index (χ3v) is 4.13. The Morgan fingerprint density at radius 1 is 1.57 bits per heavy atom. The molecule has 0 amide bonds. The van der Waals surface area contributed by atoms with E-state index >= 15 is 0 Å². The summed E-state index contributed by atoms with van der Waals surface area (Å²) in [6.45, 7) is 0.259. The van der Waals surface area contributed by atoms with Gasteiger partial charge in [0.25, 0.3) is 0 Å². The van der Waals surface area contributed by atoms with Crippen LogP contribution in [0.15, 0.2) is 12.2 Å². The summed E-state index contributed by atoms with van der Waals surface area (Å²) in [6.07, 6.45) is 7.35. The highest BCUT2D eigenvalue weighted by Gasteiger charge is 2.73. The number of aliphatic hydroxyl groups is 1. The van der Waals surface area contributed by atoms with Crippen molar-refractivity contribution < 1.29 is 14.6 Å². The lowest BCUT2D eigenvalue weighted by Gasteiger charge is -2.38. The average molecular weight is 194 g/mol. The largest absolute Gasteiger partial charge is 0.394 e. The predicted molar refractivity (Wildman–Crippen MR) is 49.6 cm³/mol. The lowest BCUT2D eigenvalue weighted by molar-refractivity contribution is -0.140. The summed E-state index contributed by atoms with van der Waals surface area (Å²) >= 11 is 0. The predicted octanol–water partition coefficient (Wildman–Crippen LogP) is 0.529. The van der Waals surface area contributed by atoms with Crippen LogP contribution >= 0.6 is 0 Å². The van der Waals surface area contributed by atoms with Crippen LogP contribution in [0.3, 0.4) is 0 Å².